The van der Waals surface area contributed by atoms with Gasteiger partial charge in [-0.05, 0) is 124 Å². The van der Waals surface area contributed by atoms with E-state index in [0.29, 0.717) is 31.8 Å². The third kappa shape index (κ3) is 8.08. The van der Waals surface area contributed by atoms with Gasteiger partial charge in [-0.15, -0.1) is 0 Å². The number of furan rings is 1. The molecule has 45 heavy (non-hydrogen) atoms. The molecule has 230 valence electrons. The van der Waals surface area contributed by atoms with Crippen molar-refractivity contribution in [2.75, 3.05) is 11.9 Å². The van der Waals surface area contributed by atoms with Gasteiger partial charge in [-0.25, -0.2) is 9.82 Å². The number of amides is 2. The zero-order chi connectivity index (χ0) is 31.9. The molecule has 5 aromatic rings. The van der Waals surface area contributed by atoms with E-state index in [-0.39, 0.29) is 24.7 Å². The van der Waals surface area contributed by atoms with Crippen LogP contribution in [0.5, 0.6) is 11.5 Å². The van der Waals surface area contributed by atoms with Crippen LogP contribution in [-0.4, -0.2) is 29.2 Å². The summed E-state index contributed by atoms with van der Waals surface area (Å²) in [6, 6.07) is 24.4. The van der Waals surface area contributed by atoms with Crippen molar-refractivity contribution >= 4 is 55.6 Å². The summed E-state index contributed by atoms with van der Waals surface area (Å²) in [7, 11) is 0. The zero-order valence-electron chi connectivity index (χ0n) is 24.1. The van der Waals surface area contributed by atoms with Crippen LogP contribution in [0, 0.1) is 19.7 Å². The Morgan fingerprint density at radius 3 is 2.31 bits per heavy atom. The largest absolute Gasteiger partial charge is 0.486 e. The molecule has 0 saturated heterocycles. The first kappa shape index (κ1) is 31.7. The van der Waals surface area contributed by atoms with Crippen LogP contribution >= 0.6 is 31.9 Å². The van der Waals surface area contributed by atoms with E-state index in [1.54, 1.807) is 30.3 Å². The van der Waals surface area contributed by atoms with Crippen molar-refractivity contribution in [3.63, 3.8) is 0 Å². The molecule has 0 atom stereocenters. The van der Waals surface area contributed by atoms with Crippen molar-refractivity contribution in [1.29, 1.82) is 0 Å². The molecule has 2 amide bonds. The van der Waals surface area contributed by atoms with Gasteiger partial charge >= 0.3 is 5.91 Å². The molecule has 0 bridgehead atoms. The minimum atomic E-state index is -0.540. The number of ether oxygens (including phenoxy) is 2. The average Bonchev–Trinajstić information content (AvgIpc) is 3.63. The summed E-state index contributed by atoms with van der Waals surface area (Å²) in [4.78, 5) is 24.8. The minimum absolute atomic E-state index is 0.0666. The van der Waals surface area contributed by atoms with Crippen molar-refractivity contribution < 1.29 is 27.9 Å². The predicted octanol–water partition coefficient (Wildman–Crippen LogP) is 7.71. The predicted molar refractivity (Wildman–Crippen MR) is 176 cm³/mol. The highest BCUT2D eigenvalue weighted by Gasteiger charge is 2.14. The molecule has 12 heteroatoms. The normalized spacial score (nSPS) is 11.0. The van der Waals surface area contributed by atoms with Crippen LogP contribution in [0.25, 0.3) is 5.69 Å². The van der Waals surface area contributed by atoms with E-state index in [1.807, 2.05) is 24.3 Å². The molecule has 5 rings (SSSR count). The second kappa shape index (κ2) is 14.4. The monoisotopic (exact) mass is 736 g/mol. The van der Waals surface area contributed by atoms with Gasteiger partial charge in [0.15, 0.2) is 12.4 Å². The zero-order valence-corrected chi connectivity index (χ0v) is 27.3. The standard InChI is InChI=1S/C33H27Br2FN4O5/c1-20-7-8-21(2)40(20)23-9-11-24(12-10-23)43-18-25-13-14-30(45-25)33(42)39-37-17-22-15-26(34)32(27(35)16-22)44-19-31(41)38-29-6-4-3-5-28(29)36/h3-17H,18-19H2,1-2H3,(H,38,41)(H,39,42)/b37-17+. The maximum absolute atomic E-state index is 13.8. The van der Waals surface area contributed by atoms with Crippen molar-refractivity contribution in [1.82, 2.24) is 9.99 Å². The smallest absolute Gasteiger partial charge is 0.307 e. The quantitative estimate of drug-likeness (QED) is 0.107. The van der Waals surface area contributed by atoms with E-state index in [4.69, 9.17) is 13.9 Å². The van der Waals surface area contributed by atoms with Gasteiger partial charge in [0, 0.05) is 17.1 Å². The molecule has 2 heterocycles. The van der Waals surface area contributed by atoms with E-state index in [1.165, 1.54) is 24.4 Å². The minimum Gasteiger partial charge on any atom is -0.486 e. The van der Waals surface area contributed by atoms with E-state index in [0.717, 1.165) is 17.1 Å². The summed E-state index contributed by atoms with van der Waals surface area (Å²) in [5.41, 5.74) is 6.47. The van der Waals surface area contributed by atoms with Gasteiger partial charge < -0.3 is 23.8 Å². The van der Waals surface area contributed by atoms with Crippen molar-refractivity contribution in [3.05, 3.63) is 128 Å². The first-order valence-electron chi connectivity index (χ1n) is 13.6. The highest BCUT2D eigenvalue weighted by Crippen LogP contribution is 2.34. The summed E-state index contributed by atoms with van der Waals surface area (Å²) in [5, 5.41) is 6.47. The molecule has 0 saturated carbocycles. The number of nitrogens with one attached hydrogen (secondary N) is 2. The third-order valence-electron chi connectivity index (χ3n) is 6.53. The fourth-order valence-electron chi connectivity index (χ4n) is 4.40. The van der Waals surface area contributed by atoms with E-state index >= 15 is 0 Å². The summed E-state index contributed by atoms with van der Waals surface area (Å²) in [5.74, 6) is 0.0165. The number of hydrogen-bond donors (Lipinski definition) is 2. The second-order valence-electron chi connectivity index (χ2n) is 9.83. The summed E-state index contributed by atoms with van der Waals surface area (Å²) in [6.45, 7) is 3.93. The Bertz CT molecular complexity index is 1820. The fraction of sp³-hybridized carbons (Fsp3) is 0.121. The summed E-state index contributed by atoms with van der Waals surface area (Å²) >= 11 is 6.83. The molecule has 0 aliphatic rings. The first-order chi connectivity index (χ1) is 21.7. The number of aromatic nitrogens is 1. The van der Waals surface area contributed by atoms with Crippen molar-refractivity contribution in [2.24, 2.45) is 5.10 Å². The molecule has 0 unspecified atom stereocenters. The molecule has 0 fully saturated rings. The molecule has 2 aromatic heterocycles. The van der Waals surface area contributed by atoms with Gasteiger partial charge in [0.25, 0.3) is 5.91 Å². The number of benzene rings is 3. The Kier molecular flexibility index (Phi) is 10.2. The van der Waals surface area contributed by atoms with E-state index in [2.05, 4.69) is 78.3 Å². The Morgan fingerprint density at radius 1 is 0.933 bits per heavy atom. The number of halogens is 3. The number of anilines is 1. The van der Waals surface area contributed by atoms with E-state index in [9.17, 15) is 14.0 Å². The number of nitrogens with zero attached hydrogens (tertiary/aromatic N) is 2. The van der Waals surface area contributed by atoms with Crippen LogP contribution in [-0.2, 0) is 11.4 Å². The number of rotatable bonds is 11. The van der Waals surface area contributed by atoms with Gasteiger partial charge in [0.2, 0.25) is 0 Å². The lowest BCUT2D eigenvalue weighted by Crippen LogP contribution is -2.21. The van der Waals surface area contributed by atoms with Gasteiger partial charge in [-0.1, -0.05) is 12.1 Å². The van der Waals surface area contributed by atoms with Crippen molar-refractivity contribution in [2.45, 2.75) is 20.5 Å². The SMILES string of the molecule is Cc1ccc(C)n1-c1ccc(OCc2ccc(C(=O)N/N=C/c3cc(Br)c(OCC(=O)Nc4ccccc4F)c(Br)c3)o2)cc1. The van der Waals surface area contributed by atoms with Crippen LogP contribution in [0.2, 0.25) is 0 Å². The van der Waals surface area contributed by atoms with Crippen LogP contribution in [0.4, 0.5) is 10.1 Å². The molecular formula is C33H27Br2FN4O5. The Morgan fingerprint density at radius 2 is 1.62 bits per heavy atom. The van der Waals surface area contributed by atoms with Gasteiger partial charge in [0.1, 0.15) is 29.7 Å². The maximum atomic E-state index is 13.8. The number of hydrazone groups is 1. The highest BCUT2D eigenvalue weighted by atomic mass is 79.9. The average molecular weight is 738 g/mol. The maximum Gasteiger partial charge on any atom is 0.307 e. The molecule has 0 radical (unpaired) electrons. The molecule has 0 aliphatic heterocycles. The second-order valence-corrected chi connectivity index (χ2v) is 11.5. The summed E-state index contributed by atoms with van der Waals surface area (Å²) in [6.07, 6.45) is 1.44. The highest BCUT2D eigenvalue weighted by molar-refractivity contribution is 9.11. The molecule has 0 spiro atoms. The Balaban J connectivity index is 1.10. The first-order valence-corrected chi connectivity index (χ1v) is 15.2. The molecule has 0 aliphatic carbocycles. The number of para-hydroxylation sites is 1. The number of carbonyl (C=O) groups is 2. The molecule has 3 aromatic carbocycles. The Labute approximate surface area is 275 Å². The van der Waals surface area contributed by atoms with E-state index < -0.39 is 17.6 Å². The lowest BCUT2D eigenvalue weighted by atomic mass is 10.2. The lowest BCUT2D eigenvalue weighted by Gasteiger charge is -2.12. The molecular weight excluding hydrogens is 711 g/mol. The van der Waals surface area contributed by atoms with Gasteiger partial charge in [-0.2, -0.15) is 5.10 Å². The van der Waals surface area contributed by atoms with Crippen LogP contribution in [0.3, 0.4) is 0 Å². The number of carbonyl (C=O) groups excluding carboxylic acids is 2. The topological polar surface area (TPSA) is 107 Å². The lowest BCUT2D eigenvalue weighted by molar-refractivity contribution is -0.118. The Hall–Kier alpha value is -4.68. The van der Waals surface area contributed by atoms with Crippen molar-refractivity contribution in [3.8, 4) is 17.2 Å². The molecule has 9 nitrogen and oxygen atoms in total. The third-order valence-corrected chi connectivity index (χ3v) is 7.71. The summed E-state index contributed by atoms with van der Waals surface area (Å²) < 4.78 is 34.1. The van der Waals surface area contributed by atoms with Gasteiger partial charge in [-0.3, -0.25) is 9.59 Å². The number of hydrogen-bond acceptors (Lipinski definition) is 6. The number of aryl methyl sites for hydroxylation is 2. The van der Waals surface area contributed by atoms with Gasteiger partial charge in [0.05, 0.1) is 20.8 Å². The molecule has 2 N–H and O–H groups in total. The fourth-order valence-corrected chi connectivity index (χ4v) is 5.85. The van der Waals surface area contributed by atoms with Crippen LogP contribution in [0.1, 0.15) is 33.3 Å². The van der Waals surface area contributed by atoms with Crippen LogP contribution in [0.15, 0.2) is 103 Å². The van der Waals surface area contributed by atoms with Crippen LogP contribution < -0.4 is 20.2 Å².